The van der Waals surface area contributed by atoms with Crippen LogP contribution in [0.4, 0.5) is 0 Å². The van der Waals surface area contributed by atoms with E-state index in [1.165, 1.54) is 12.1 Å². The first-order chi connectivity index (χ1) is 8.83. The van der Waals surface area contributed by atoms with Crippen molar-refractivity contribution in [2.24, 2.45) is 0 Å². The van der Waals surface area contributed by atoms with Gasteiger partial charge in [-0.2, -0.15) is 8.42 Å². The smallest absolute Gasteiger partial charge is 0.374 e. The Morgan fingerprint density at radius 3 is 2.21 bits per heavy atom. The summed E-state index contributed by atoms with van der Waals surface area (Å²) in [5.74, 6) is -1.77. The van der Waals surface area contributed by atoms with Gasteiger partial charge in [-0.05, 0) is 19.1 Å². The lowest BCUT2D eigenvalue weighted by atomic mass is 10.2. The number of rotatable bonds is 6. The Morgan fingerprint density at radius 2 is 1.68 bits per heavy atom. The molecular weight excluding hydrogens is 272 g/mol. The SMILES string of the molecule is CC(=O)C(=O)OCCOS(=O)(=O)c1ccc(C)cc1. The zero-order chi connectivity index (χ0) is 14.5. The number of carbonyl (C=O) groups excluding carboxylic acids is 2. The van der Waals surface area contributed by atoms with E-state index < -0.39 is 21.9 Å². The standard InChI is InChI=1S/C12H14O6S/c1-9-3-5-11(6-4-9)19(15,16)18-8-7-17-12(14)10(2)13/h3-6H,7-8H2,1-2H3. The highest BCUT2D eigenvalue weighted by Gasteiger charge is 2.15. The van der Waals surface area contributed by atoms with Crippen molar-refractivity contribution in [3.8, 4) is 0 Å². The van der Waals surface area contributed by atoms with E-state index in [9.17, 15) is 18.0 Å². The normalized spacial score (nSPS) is 11.1. The largest absolute Gasteiger partial charge is 0.457 e. The molecule has 0 saturated heterocycles. The molecule has 104 valence electrons. The lowest BCUT2D eigenvalue weighted by Gasteiger charge is -2.06. The van der Waals surface area contributed by atoms with Crippen molar-refractivity contribution in [1.29, 1.82) is 0 Å². The predicted octanol–water partition coefficient (Wildman–Crippen LogP) is 0.833. The summed E-state index contributed by atoms with van der Waals surface area (Å²) >= 11 is 0. The van der Waals surface area contributed by atoms with Gasteiger partial charge < -0.3 is 4.74 Å². The summed E-state index contributed by atoms with van der Waals surface area (Å²) in [6.45, 7) is 2.25. The number of hydrogen-bond acceptors (Lipinski definition) is 6. The average molecular weight is 286 g/mol. The van der Waals surface area contributed by atoms with Gasteiger partial charge in [-0.1, -0.05) is 17.7 Å². The van der Waals surface area contributed by atoms with Gasteiger partial charge in [0.2, 0.25) is 5.78 Å². The van der Waals surface area contributed by atoms with Crippen molar-refractivity contribution < 1.29 is 26.9 Å². The maximum absolute atomic E-state index is 11.7. The van der Waals surface area contributed by atoms with Gasteiger partial charge in [-0.25, -0.2) is 4.79 Å². The van der Waals surface area contributed by atoms with Crippen LogP contribution in [0.2, 0.25) is 0 Å². The first-order valence-electron chi connectivity index (χ1n) is 5.47. The minimum absolute atomic E-state index is 0.0241. The zero-order valence-electron chi connectivity index (χ0n) is 10.6. The van der Waals surface area contributed by atoms with Crippen LogP contribution >= 0.6 is 0 Å². The third kappa shape index (κ3) is 4.80. The van der Waals surface area contributed by atoms with Crippen molar-refractivity contribution in [1.82, 2.24) is 0 Å². The number of aryl methyl sites for hydroxylation is 1. The Hall–Kier alpha value is -1.73. The van der Waals surface area contributed by atoms with Gasteiger partial charge >= 0.3 is 5.97 Å². The van der Waals surface area contributed by atoms with Crippen LogP contribution in [0.3, 0.4) is 0 Å². The van der Waals surface area contributed by atoms with Gasteiger partial charge in [0, 0.05) is 6.92 Å². The summed E-state index contributed by atoms with van der Waals surface area (Å²) in [6.07, 6.45) is 0. The van der Waals surface area contributed by atoms with Crippen LogP contribution in [0.15, 0.2) is 29.2 Å². The molecule has 6 nitrogen and oxygen atoms in total. The van der Waals surface area contributed by atoms with Crippen LogP contribution in [0, 0.1) is 6.92 Å². The fraction of sp³-hybridized carbons (Fsp3) is 0.333. The monoisotopic (exact) mass is 286 g/mol. The molecule has 0 aliphatic rings. The van der Waals surface area contributed by atoms with Crippen LogP contribution in [0.1, 0.15) is 12.5 Å². The van der Waals surface area contributed by atoms with Gasteiger partial charge in [0.15, 0.2) is 0 Å². The van der Waals surface area contributed by atoms with Crippen molar-refractivity contribution >= 4 is 21.9 Å². The maximum Gasteiger partial charge on any atom is 0.374 e. The molecular formula is C12H14O6S. The summed E-state index contributed by atoms with van der Waals surface area (Å²) in [5.41, 5.74) is 0.925. The van der Waals surface area contributed by atoms with Crippen molar-refractivity contribution in [3.05, 3.63) is 29.8 Å². The Morgan fingerprint density at radius 1 is 1.11 bits per heavy atom. The maximum atomic E-state index is 11.7. The topological polar surface area (TPSA) is 86.7 Å². The second-order valence-corrected chi connectivity index (χ2v) is 5.40. The summed E-state index contributed by atoms with van der Waals surface area (Å²) in [4.78, 5) is 21.4. The van der Waals surface area contributed by atoms with Crippen LogP contribution in [0.5, 0.6) is 0 Å². The fourth-order valence-corrected chi connectivity index (χ4v) is 2.05. The molecule has 0 aliphatic heterocycles. The molecule has 1 aromatic rings. The number of ether oxygens (including phenoxy) is 1. The highest BCUT2D eigenvalue weighted by atomic mass is 32.2. The lowest BCUT2D eigenvalue weighted by molar-refractivity contribution is -0.153. The number of carbonyl (C=O) groups is 2. The van der Waals surface area contributed by atoms with E-state index in [0.717, 1.165) is 12.5 Å². The van der Waals surface area contributed by atoms with E-state index in [1.54, 1.807) is 12.1 Å². The Kier molecular flexibility index (Phi) is 5.20. The Balaban J connectivity index is 2.50. The van der Waals surface area contributed by atoms with E-state index >= 15 is 0 Å². The van der Waals surface area contributed by atoms with E-state index in [4.69, 9.17) is 0 Å². The van der Waals surface area contributed by atoms with E-state index in [0.29, 0.717) is 0 Å². The van der Waals surface area contributed by atoms with E-state index in [1.807, 2.05) is 6.92 Å². The van der Waals surface area contributed by atoms with Crippen molar-refractivity contribution in [2.45, 2.75) is 18.7 Å². The molecule has 0 fully saturated rings. The summed E-state index contributed by atoms with van der Waals surface area (Å²) in [7, 11) is -3.87. The molecule has 19 heavy (non-hydrogen) atoms. The van der Waals surface area contributed by atoms with E-state index in [2.05, 4.69) is 8.92 Å². The van der Waals surface area contributed by atoms with Crippen LogP contribution in [-0.4, -0.2) is 33.4 Å². The quantitative estimate of drug-likeness (QED) is 0.333. The third-order valence-electron chi connectivity index (χ3n) is 2.15. The molecule has 1 aromatic carbocycles. The molecule has 0 amide bonds. The fourth-order valence-electron chi connectivity index (χ4n) is 1.15. The number of benzene rings is 1. The van der Waals surface area contributed by atoms with Gasteiger partial charge in [-0.15, -0.1) is 0 Å². The van der Waals surface area contributed by atoms with Crippen molar-refractivity contribution in [3.63, 3.8) is 0 Å². The number of esters is 1. The molecule has 0 heterocycles. The minimum atomic E-state index is -3.87. The minimum Gasteiger partial charge on any atom is -0.457 e. The van der Waals surface area contributed by atoms with Crippen LogP contribution < -0.4 is 0 Å². The Bertz CT molecular complexity index is 558. The third-order valence-corrected chi connectivity index (χ3v) is 3.48. The molecule has 0 unspecified atom stereocenters. The summed E-state index contributed by atoms with van der Waals surface area (Å²) in [6, 6.07) is 6.14. The second kappa shape index (κ2) is 6.44. The molecule has 0 bridgehead atoms. The van der Waals surface area contributed by atoms with Crippen molar-refractivity contribution in [2.75, 3.05) is 13.2 Å². The van der Waals surface area contributed by atoms with Gasteiger partial charge in [0.25, 0.3) is 10.1 Å². The van der Waals surface area contributed by atoms with Crippen LogP contribution in [0.25, 0.3) is 0 Å². The second-order valence-electron chi connectivity index (χ2n) is 3.78. The first-order valence-corrected chi connectivity index (χ1v) is 6.87. The number of ketones is 1. The van der Waals surface area contributed by atoms with Gasteiger partial charge in [-0.3, -0.25) is 8.98 Å². The molecule has 0 radical (unpaired) electrons. The van der Waals surface area contributed by atoms with Crippen LogP contribution in [-0.2, 0) is 28.6 Å². The Labute approximate surface area is 111 Å². The molecule has 0 aromatic heterocycles. The molecule has 0 atom stereocenters. The highest BCUT2D eigenvalue weighted by molar-refractivity contribution is 7.86. The zero-order valence-corrected chi connectivity index (χ0v) is 11.4. The van der Waals surface area contributed by atoms with Gasteiger partial charge in [0.05, 0.1) is 4.90 Å². The number of hydrogen-bond donors (Lipinski definition) is 0. The number of Topliss-reactive ketones (excluding diaryl/α,β-unsaturated/α-hetero) is 1. The highest BCUT2D eigenvalue weighted by Crippen LogP contribution is 2.12. The molecule has 0 spiro atoms. The van der Waals surface area contributed by atoms with Gasteiger partial charge in [0.1, 0.15) is 13.2 Å². The van der Waals surface area contributed by atoms with E-state index in [-0.39, 0.29) is 18.1 Å². The first kappa shape index (κ1) is 15.3. The molecule has 0 aliphatic carbocycles. The molecule has 7 heteroatoms. The molecule has 0 N–H and O–H groups in total. The average Bonchev–Trinajstić information content (AvgIpc) is 2.34. The summed E-state index contributed by atoms with van der Waals surface area (Å²) in [5, 5.41) is 0. The molecule has 1 rings (SSSR count). The lowest BCUT2D eigenvalue weighted by Crippen LogP contribution is -2.18. The predicted molar refractivity (Wildman–Crippen MR) is 66.0 cm³/mol. The molecule has 0 saturated carbocycles. The summed E-state index contributed by atoms with van der Waals surface area (Å²) < 4.78 is 32.5.